The van der Waals surface area contributed by atoms with Gasteiger partial charge in [-0.25, -0.2) is 4.79 Å². The van der Waals surface area contributed by atoms with E-state index in [2.05, 4.69) is 11.9 Å². The van der Waals surface area contributed by atoms with Crippen molar-refractivity contribution in [2.24, 2.45) is 11.8 Å². The number of piperidine rings is 1. The highest BCUT2D eigenvalue weighted by Gasteiger charge is 2.55. The Morgan fingerprint density at radius 2 is 1.70 bits per heavy atom. The predicted octanol–water partition coefficient (Wildman–Crippen LogP) is 2.71. The van der Waals surface area contributed by atoms with Crippen molar-refractivity contribution in [1.29, 1.82) is 0 Å². The van der Waals surface area contributed by atoms with Gasteiger partial charge in [-0.2, -0.15) is 0 Å². The molecule has 2 bridgehead atoms. The molecule has 4 rings (SSSR count). The molecule has 3 nitrogen and oxygen atoms in total. The van der Waals surface area contributed by atoms with Gasteiger partial charge in [-0.3, -0.25) is 4.90 Å². The number of nitrogens with zero attached hydrogens (tertiary/aromatic N) is 1. The van der Waals surface area contributed by atoms with Crippen LogP contribution in [0.5, 0.6) is 0 Å². The van der Waals surface area contributed by atoms with Crippen LogP contribution in [0.3, 0.4) is 0 Å². The zero-order chi connectivity index (χ0) is 13.7. The number of rotatable bonds is 2. The van der Waals surface area contributed by atoms with Crippen LogP contribution in [0.25, 0.3) is 0 Å². The second kappa shape index (κ2) is 4.59. The summed E-state index contributed by atoms with van der Waals surface area (Å²) in [6.07, 6.45) is 4.89. The third-order valence-corrected chi connectivity index (χ3v) is 5.71. The summed E-state index contributed by atoms with van der Waals surface area (Å²) in [5.41, 5.74) is 0.668. The van der Waals surface area contributed by atoms with Gasteiger partial charge in [0, 0.05) is 24.9 Å². The SMILES string of the molecule is CN1C2CC(OC(=O)c3ccccc3)CC1[C@@H]1CC[C@H]21. The summed E-state index contributed by atoms with van der Waals surface area (Å²) < 4.78 is 5.77. The van der Waals surface area contributed by atoms with Gasteiger partial charge in [0.2, 0.25) is 0 Å². The van der Waals surface area contributed by atoms with Crippen molar-refractivity contribution >= 4 is 5.97 Å². The predicted molar refractivity (Wildman–Crippen MR) is 76.4 cm³/mol. The van der Waals surface area contributed by atoms with Crippen LogP contribution in [-0.2, 0) is 4.74 Å². The minimum absolute atomic E-state index is 0.111. The maximum Gasteiger partial charge on any atom is 0.338 e. The van der Waals surface area contributed by atoms with Crippen LogP contribution in [-0.4, -0.2) is 36.1 Å². The summed E-state index contributed by atoms with van der Waals surface area (Å²) in [6.45, 7) is 0. The molecule has 2 saturated heterocycles. The molecule has 3 unspecified atom stereocenters. The van der Waals surface area contributed by atoms with Gasteiger partial charge < -0.3 is 4.74 Å². The lowest BCUT2D eigenvalue weighted by atomic mass is 9.71. The highest BCUT2D eigenvalue weighted by Crippen LogP contribution is 2.53. The van der Waals surface area contributed by atoms with Crippen molar-refractivity contribution in [3.8, 4) is 0 Å². The van der Waals surface area contributed by atoms with E-state index in [0.717, 1.165) is 24.7 Å². The quantitative estimate of drug-likeness (QED) is 0.775. The number of benzene rings is 1. The number of hydrogen-bond acceptors (Lipinski definition) is 3. The highest BCUT2D eigenvalue weighted by atomic mass is 16.5. The summed E-state index contributed by atoms with van der Waals surface area (Å²) in [4.78, 5) is 14.7. The minimum Gasteiger partial charge on any atom is -0.459 e. The van der Waals surface area contributed by atoms with Gasteiger partial charge in [-0.05, 0) is 43.9 Å². The summed E-state index contributed by atoms with van der Waals surface area (Å²) >= 11 is 0. The molecule has 0 spiro atoms. The Kier molecular flexibility index (Phi) is 2.84. The van der Waals surface area contributed by atoms with Crippen LogP contribution in [0.2, 0.25) is 0 Å². The molecule has 2 aliphatic heterocycles. The Balaban J connectivity index is 1.45. The van der Waals surface area contributed by atoms with Gasteiger partial charge in [0.05, 0.1) is 5.56 Å². The van der Waals surface area contributed by atoms with Crippen LogP contribution in [0, 0.1) is 11.8 Å². The number of esters is 1. The molecule has 0 amide bonds. The first-order chi connectivity index (χ1) is 9.74. The molecular weight excluding hydrogens is 250 g/mol. The fourth-order valence-electron chi connectivity index (χ4n) is 4.56. The second-order valence-electron chi connectivity index (χ2n) is 6.57. The van der Waals surface area contributed by atoms with Gasteiger partial charge in [0.15, 0.2) is 0 Å². The number of fused-ring (bicyclic) bond motifs is 5. The van der Waals surface area contributed by atoms with Crippen molar-refractivity contribution in [2.75, 3.05) is 7.05 Å². The molecule has 106 valence electrons. The Hall–Kier alpha value is -1.35. The summed E-state index contributed by atoms with van der Waals surface area (Å²) in [7, 11) is 2.25. The molecule has 0 N–H and O–H groups in total. The fraction of sp³-hybridized carbons (Fsp3) is 0.588. The molecule has 0 aromatic heterocycles. The molecule has 1 aromatic carbocycles. The van der Waals surface area contributed by atoms with Crippen molar-refractivity contribution < 1.29 is 9.53 Å². The number of carbonyl (C=O) groups excluding carboxylic acids is 1. The Labute approximate surface area is 119 Å². The molecule has 3 aliphatic rings. The molecule has 5 atom stereocenters. The lowest BCUT2D eigenvalue weighted by Crippen LogP contribution is -2.44. The molecule has 0 radical (unpaired) electrons. The largest absolute Gasteiger partial charge is 0.459 e. The Bertz CT molecular complexity index is 491. The molecule has 20 heavy (non-hydrogen) atoms. The van der Waals surface area contributed by atoms with Crippen molar-refractivity contribution in [1.82, 2.24) is 4.90 Å². The van der Waals surface area contributed by atoms with Crippen molar-refractivity contribution in [3.63, 3.8) is 0 Å². The molecular formula is C17H21NO2. The first kappa shape index (κ1) is 12.4. The first-order valence-electron chi connectivity index (χ1n) is 7.72. The monoisotopic (exact) mass is 271 g/mol. The lowest BCUT2D eigenvalue weighted by molar-refractivity contribution is -0.00283. The average molecular weight is 271 g/mol. The third-order valence-electron chi connectivity index (χ3n) is 5.71. The maximum atomic E-state index is 12.2. The highest BCUT2D eigenvalue weighted by molar-refractivity contribution is 5.89. The van der Waals surface area contributed by atoms with E-state index >= 15 is 0 Å². The van der Waals surface area contributed by atoms with E-state index in [4.69, 9.17) is 4.74 Å². The zero-order valence-corrected chi connectivity index (χ0v) is 11.9. The zero-order valence-electron chi connectivity index (χ0n) is 11.9. The van der Waals surface area contributed by atoms with Gasteiger partial charge in [-0.1, -0.05) is 18.2 Å². The Morgan fingerprint density at radius 3 is 2.25 bits per heavy atom. The summed E-state index contributed by atoms with van der Waals surface area (Å²) in [5, 5.41) is 0. The van der Waals surface area contributed by atoms with Crippen molar-refractivity contribution in [2.45, 2.75) is 43.9 Å². The lowest BCUT2D eigenvalue weighted by Gasteiger charge is -2.36. The third kappa shape index (κ3) is 1.80. The second-order valence-corrected chi connectivity index (χ2v) is 6.57. The minimum atomic E-state index is -0.160. The van der Waals surface area contributed by atoms with E-state index < -0.39 is 0 Å². The van der Waals surface area contributed by atoms with E-state index in [9.17, 15) is 4.79 Å². The van der Waals surface area contributed by atoms with Crippen LogP contribution in [0.15, 0.2) is 30.3 Å². The Morgan fingerprint density at radius 1 is 1.10 bits per heavy atom. The van der Waals surface area contributed by atoms with Crippen LogP contribution in [0.4, 0.5) is 0 Å². The van der Waals surface area contributed by atoms with E-state index in [1.807, 2.05) is 30.3 Å². The first-order valence-corrected chi connectivity index (χ1v) is 7.72. The van der Waals surface area contributed by atoms with Crippen LogP contribution < -0.4 is 0 Å². The molecule has 3 fully saturated rings. The van der Waals surface area contributed by atoms with E-state index in [-0.39, 0.29) is 12.1 Å². The van der Waals surface area contributed by atoms with Gasteiger partial charge in [-0.15, -0.1) is 0 Å². The summed E-state index contributed by atoms with van der Waals surface area (Å²) in [5.74, 6) is 1.57. The number of carbonyl (C=O) groups is 1. The summed E-state index contributed by atoms with van der Waals surface area (Å²) in [6, 6.07) is 10.6. The van der Waals surface area contributed by atoms with E-state index in [1.54, 1.807) is 0 Å². The van der Waals surface area contributed by atoms with E-state index in [0.29, 0.717) is 17.6 Å². The van der Waals surface area contributed by atoms with E-state index in [1.165, 1.54) is 12.8 Å². The molecule has 3 heteroatoms. The molecule has 1 aliphatic carbocycles. The van der Waals surface area contributed by atoms with Gasteiger partial charge >= 0.3 is 5.97 Å². The topological polar surface area (TPSA) is 29.5 Å². The number of ether oxygens (including phenoxy) is 1. The average Bonchev–Trinajstić information content (AvgIpc) is 2.54. The molecule has 2 heterocycles. The van der Waals surface area contributed by atoms with Crippen LogP contribution in [0.1, 0.15) is 36.0 Å². The fourth-order valence-corrected chi connectivity index (χ4v) is 4.56. The smallest absolute Gasteiger partial charge is 0.338 e. The molecule has 1 aromatic rings. The standard InChI is InChI=1S/C17H21NO2/c1-18-15-9-12(10-16(18)14-8-7-13(14)15)20-17(19)11-5-3-2-4-6-11/h2-6,12-16H,7-10H2,1H3/t12?,13-,14+,15?,16?. The van der Waals surface area contributed by atoms with Gasteiger partial charge in [0.1, 0.15) is 6.10 Å². The van der Waals surface area contributed by atoms with Crippen molar-refractivity contribution in [3.05, 3.63) is 35.9 Å². The van der Waals surface area contributed by atoms with Gasteiger partial charge in [0.25, 0.3) is 0 Å². The normalized spacial score (nSPS) is 39.0. The maximum absolute atomic E-state index is 12.2. The molecule has 1 saturated carbocycles. The number of hydrogen-bond donors (Lipinski definition) is 0. The van der Waals surface area contributed by atoms with Crippen LogP contribution >= 0.6 is 0 Å².